The van der Waals surface area contributed by atoms with Crippen molar-refractivity contribution in [2.45, 2.75) is 6.54 Å². The molecule has 0 amide bonds. The Labute approximate surface area is 165 Å². The zero-order valence-corrected chi connectivity index (χ0v) is 15.1. The summed E-state index contributed by atoms with van der Waals surface area (Å²) in [6, 6.07) is 12.4. The summed E-state index contributed by atoms with van der Waals surface area (Å²) in [5, 5.41) is 38.9. The number of nitro groups is 1. The maximum Gasteiger partial charge on any atom is 0.269 e. The van der Waals surface area contributed by atoms with E-state index in [2.05, 4.69) is 0 Å². The zero-order valence-electron chi connectivity index (χ0n) is 15.1. The van der Waals surface area contributed by atoms with E-state index in [1.807, 2.05) is 12.1 Å². The van der Waals surface area contributed by atoms with E-state index in [1.165, 1.54) is 42.5 Å². The number of hydrogen-bond donors (Lipinski definition) is 2. The van der Waals surface area contributed by atoms with Crippen molar-refractivity contribution in [2.75, 3.05) is 13.1 Å². The Morgan fingerprint density at radius 1 is 1.14 bits per heavy atom. The van der Waals surface area contributed by atoms with Gasteiger partial charge in [-0.15, -0.1) is 0 Å². The molecule has 0 fully saturated rings. The highest BCUT2D eigenvalue weighted by molar-refractivity contribution is 6.15. The van der Waals surface area contributed by atoms with Gasteiger partial charge in [0.05, 0.1) is 16.1 Å². The van der Waals surface area contributed by atoms with Gasteiger partial charge in [0.25, 0.3) is 5.69 Å². The molecule has 2 N–H and O–H groups in total. The Balaban J connectivity index is 1.93. The summed E-state index contributed by atoms with van der Waals surface area (Å²) < 4.78 is 5.71. The molecule has 2 aromatic rings. The van der Waals surface area contributed by atoms with E-state index in [0.29, 0.717) is 16.0 Å². The second-order valence-electron chi connectivity index (χ2n) is 6.32. The van der Waals surface area contributed by atoms with Crippen molar-refractivity contribution in [3.63, 3.8) is 0 Å². The number of carbonyl (C=O) groups is 1. The molecule has 0 bridgehead atoms. The SMILES string of the molecule is N#CC[NH+](CC#N)Cc1c(O)ccc2c1O/C(=C/c1ccc([N+](=O)[O-])cc1)C2=O. The van der Waals surface area contributed by atoms with Crippen LogP contribution in [-0.2, 0) is 6.54 Å². The normalized spacial score (nSPS) is 13.6. The molecule has 144 valence electrons. The number of hydrogen-bond acceptors (Lipinski definition) is 7. The van der Waals surface area contributed by atoms with Crippen molar-refractivity contribution >= 4 is 17.5 Å². The van der Waals surface area contributed by atoms with Crippen molar-refractivity contribution in [3.05, 3.63) is 69.0 Å². The van der Waals surface area contributed by atoms with Crippen molar-refractivity contribution in [1.29, 1.82) is 10.5 Å². The van der Waals surface area contributed by atoms with Gasteiger partial charge in [-0.25, -0.2) is 0 Å². The number of phenolic OH excluding ortho intramolecular Hbond substituents is 1. The van der Waals surface area contributed by atoms with Gasteiger partial charge in [-0.3, -0.25) is 14.9 Å². The van der Waals surface area contributed by atoms with Crippen LogP contribution in [0.5, 0.6) is 11.5 Å². The number of non-ortho nitro benzene ring substituents is 1. The molecular formula is C20H15N4O5+. The third kappa shape index (κ3) is 4.05. The smallest absolute Gasteiger partial charge is 0.269 e. The first-order valence-corrected chi connectivity index (χ1v) is 8.55. The largest absolute Gasteiger partial charge is 0.507 e. The minimum absolute atomic E-state index is 0.0165. The number of allylic oxidation sites excluding steroid dienone is 1. The molecule has 2 aromatic carbocycles. The van der Waals surface area contributed by atoms with Crippen LogP contribution in [0, 0.1) is 32.8 Å². The highest BCUT2D eigenvalue weighted by Gasteiger charge is 2.32. The molecule has 0 aromatic heterocycles. The standard InChI is InChI=1S/C20H14N4O5/c21-7-9-23(10-8-22)12-16-17(25)6-5-15-19(26)18(29-20(15)16)11-13-1-3-14(4-2-13)24(27)28/h1-6,11,25H,9-10,12H2/p+1/b18-11+. The highest BCUT2D eigenvalue weighted by atomic mass is 16.6. The lowest BCUT2D eigenvalue weighted by Crippen LogP contribution is -3.10. The second-order valence-corrected chi connectivity index (χ2v) is 6.32. The topological polar surface area (TPSA) is 142 Å². The van der Waals surface area contributed by atoms with Gasteiger partial charge in [0, 0.05) is 12.1 Å². The van der Waals surface area contributed by atoms with Gasteiger partial charge >= 0.3 is 0 Å². The van der Waals surface area contributed by atoms with E-state index in [4.69, 9.17) is 15.3 Å². The summed E-state index contributed by atoms with van der Waals surface area (Å²) in [6.45, 7) is 0.237. The summed E-state index contributed by atoms with van der Waals surface area (Å²) in [5.74, 6) is -0.275. The number of nitro benzene ring substituents is 1. The fourth-order valence-corrected chi connectivity index (χ4v) is 2.97. The zero-order chi connectivity index (χ0) is 21.0. The van der Waals surface area contributed by atoms with Crippen LogP contribution in [0.15, 0.2) is 42.2 Å². The van der Waals surface area contributed by atoms with Crippen molar-refractivity contribution in [3.8, 4) is 23.6 Å². The number of ketones is 1. The molecule has 1 aliphatic rings. The number of benzene rings is 2. The summed E-state index contributed by atoms with van der Waals surface area (Å²) >= 11 is 0. The lowest BCUT2D eigenvalue weighted by molar-refractivity contribution is -0.899. The first-order valence-electron chi connectivity index (χ1n) is 8.55. The van der Waals surface area contributed by atoms with E-state index < -0.39 is 4.92 Å². The Hall–Kier alpha value is -4.21. The number of rotatable bonds is 6. The van der Waals surface area contributed by atoms with Crippen LogP contribution in [0.1, 0.15) is 21.5 Å². The lowest BCUT2D eigenvalue weighted by Gasteiger charge is -2.15. The number of quaternary nitrogens is 1. The Morgan fingerprint density at radius 3 is 2.38 bits per heavy atom. The number of nitriles is 2. The monoisotopic (exact) mass is 391 g/mol. The van der Waals surface area contributed by atoms with Crippen LogP contribution in [0.4, 0.5) is 5.69 Å². The molecule has 0 saturated carbocycles. The average molecular weight is 391 g/mol. The number of ether oxygens (including phenoxy) is 1. The average Bonchev–Trinajstić information content (AvgIpc) is 3.00. The van der Waals surface area contributed by atoms with Gasteiger partial charge in [-0.1, -0.05) is 0 Å². The molecule has 0 radical (unpaired) electrons. The van der Waals surface area contributed by atoms with E-state index in [1.54, 1.807) is 0 Å². The molecule has 0 spiro atoms. The van der Waals surface area contributed by atoms with Crippen LogP contribution in [0.25, 0.3) is 6.08 Å². The number of fused-ring (bicyclic) bond motifs is 1. The first kappa shape index (κ1) is 19.5. The molecule has 0 aliphatic carbocycles. The number of nitrogens with one attached hydrogen (secondary N) is 1. The Bertz CT molecular complexity index is 1080. The molecular weight excluding hydrogens is 376 g/mol. The number of Topliss-reactive ketones (excluding diaryl/α,β-unsaturated/α-hetero) is 1. The van der Waals surface area contributed by atoms with Gasteiger partial charge < -0.3 is 14.7 Å². The van der Waals surface area contributed by atoms with E-state index >= 15 is 0 Å². The molecule has 0 unspecified atom stereocenters. The second kappa shape index (κ2) is 8.21. The van der Waals surface area contributed by atoms with Crippen LogP contribution in [-0.4, -0.2) is 28.9 Å². The van der Waals surface area contributed by atoms with Crippen molar-refractivity contribution in [2.24, 2.45) is 0 Å². The molecule has 9 nitrogen and oxygen atoms in total. The number of nitrogens with zero attached hydrogens (tertiary/aromatic N) is 3. The summed E-state index contributed by atoms with van der Waals surface area (Å²) in [7, 11) is 0. The third-order valence-corrected chi connectivity index (χ3v) is 4.40. The first-order chi connectivity index (χ1) is 13.9. The quantitative estimate of drug-likeness (QED) is 0.327. The molecule has 9 heteroatoms. The predicted molar refractivity (Wildman–Crippen MR) is 99.8 cm³/mol. The fraction of sp³-hybridized carbons (Fsp3) is 0.150. The van der Waals surface area contributed by atoms with Gasteiger partial charge in [-0.2, -0.15) is 10.5 Å². The molecule has 1 aliphatic heterocycles. The summed E-state index contributed by atoms with van der Waals surface area (Å²) in [6.07, 6.45) is 1.46. The van der Waals surface area contributed by atoms with Crippen molar-refractivity contribution in [1.82, 2.24) is 0 Å². The Morgan fingerprint density at radius 2 is 1.79 bits per heavy atom. The maximum atomic E-state index is 12.7. The fourth-order valence-electron chi connectivity index (χ4n) is 2.97. The van der Waals surface area contributed by atoms with Crippen molar-refractivity contribution < 1.29 is 24.5 Å². The predicted octanol–water partition coefficient (Wildman–Crippen LogP) is 1.35. The number of aromatic hydroxyl groups is 1. The van der Waals surface area contributed by atoms with Crippen LogP contribution >= 0.6 is 0 Å². The number of carbonyl (C=O) groups excluding carboxylic acids is 1. The van der Waals surface area contributed by atoms with Gasteiger partial charge in [-0.05, 0) is 35.9 Å². The van der Waals surface area contributed by atoms with Crippen LogP contribution in [0.3, 0.4) is 0 Å². The van der Waals surface area contributed by atoms with E-state index in [-0.39, 0.29) is 53.9 Å². The molecule has 0 saturated heterocycles. The number of phenols is 1. The highest BCUT2D eigenvalue weighted by Crippen LogP contribution is 2.39. The maximum absolute atomic E-state index is 12.7. The lowest BCUT2D eigenvalue weighted by atomic mass is 10.0. The summed E-state index contributed by atoms with van der Waals surface area (Å²) in [5.41, 5.74) is 1.07. The minimum Gasteiger partial charge on any atom is -0.507 e. The minimum atomic E-state index is -0.518. The van der Waals surface area contributed by atoms with E-state index in [9.17, 15) is 20.0 Å². The van der Waals surface area contributed by atoms with Crippen LogP contribution in [0.2, 0.25) is 0 Å². The van der Waals surface area contributed by atoms with Gasteiger partial charge in [0.1, 0.15) is 24.4 Å². The van der Waals surface area contributed by atoms with Crippen LogP contribution < -0.4 is 9.64 Å². The molecule has 3 rings (SSSR count). The third-order valence-electron chi connectivity index (χ3n) is 4.40. The summed E-state index contributed by atoms with van der Waals surface area (Å²) in [4.78, 5) is 23.5. The Kier molecular flexibility index (Phi) is 5.54. The van der Waals surface area contributed by atoms with E-state index in [0.717, 1.165) is 0 Å². The molecule has 1 heterocycles. The van der Waals surface area contributed by atoms with Gasteiger partial charge in [0.2, 0.25) is 5.78 Å². The molecule has 29 heavy (non-hydrogen) atoms. The van der Waals surface area contributed by atoms with Gasteiger partial charge in [0.15, 0.2) is 24.6 Å². The molecule has 0 atom stereocenters.